The van der Waals surface area contributed by atoms with Crippen molar-refractivity contribution >= 4 is 11.1 Å². The summed E-state index contributed by atoms with van der Waals surface area (Å²) in [6, 6.07) is 16.2. The molecule has 0 N–H and O–H groups in total. The molecule has 4 nitrogen and oxygen atoms in total. The third kappa shape index (κ3) is 2.93. The summed E-state index contributed by atoms with van der Waals surface area (Å²) in [5, 5.41) is 4.70. The molecule has 3 heterocycles. The molecule has 0 amide bonds. The van der Waals surface area contributed by atoms with E-state index in [9.17, 15) is 8.78 Å². The second kappa shape index (κ2) is 7.15. The average molecular weight is 399 g/mol. The van der Waals surface area contributed by atoms with Crippen LogP contribution >= 0.6 is 0 Å². The highest BCUT2D eigenvalue weighted by Gasteiger charge is 2.24. The lowest BCUT2D eigenvalue weighted by atomic mass is 9.89. The molecule has 0 unspecified atom stereocenters. The van der Waals surface area contributed by atoms with Crippen LogP contribution in [0.3, 0.4) is 0 Å². The number of benzene rings is 2. The molecule has 0 radical (unpaired) electrons. The Morgan fingerprint density at radius 2 is 1.53 bits per heavy atom. The molecule has 5 rings (SSSR count). The summed E-state index contributed by atoms with van der Waals surface area (Å²) in [5.74, 6) is -0.721. The van der Waals surface area contributed by atoms with Crippen molar-refractivity contribution in [1.82, 2.24) is 15.1 Å². The molecule has 5 aromatic rings. The Morgan fingerprint density at radius 3 is 2.27 bits per heavy atom. The van der Waals surface area contributed by atoms with Crippen LogP contribution in [-0.4, -0.2) is 15.1 Å². The van der Waals surface area contributed by atoms with E-state index in [0.717, 1.165) is 5.56 Å². The highest BCUT2D eigenvalue weighted by atomic mass is 19.1. The van der Waals surface area contributed by atoms with Crippen molar-refractivity contribution in [2.45, 2.75) is 6.92 Å². The van der Waals surface area contributed by atoms with E-state index in [1.807, 2.05) is 12.1 Å². The Bertz CT molecular complexity index is 1360. The van der Waals surface area contributed by atoms with Crippen LogP contribution in [0, 0.1) is 18.6 Å². The van der Waals surface area contributed by atoms with Gasteiger partial charge >= 0.3 is 0 Å². The predicted octanol–water partition coefficient (Wildman–Crippen LogP) is 6.21. The summed E-state index contributed by atoms with van der Waals surface area (Å²) in [7, 11) is 0. The first-order valence-corrected chi connectivity index (χ1v) is 9.34. The highest BCUT2D eigenvalue weighted by Crippen LogP contribution is 2.44. The average Bonchev–Trinajstić information content (AvgIpc) is 3.15. The van der Waals surface area contributed by atoms with Gasteiger partial charge in [-0.25, -0.2) is 13.8 Å². The van der Waals surface area contributed by atoms with Crippen molar-refractivity contribution in [1.29, 1.82) is 0 Å². The molecular formula is C24H15F2N3O. The molecule has 3 aromatic heterocycles. The fraction of sp³-hybridized carbons (Fsp3) is 0.0417. The summed E-state index contributed by atoms with van der Waals surface area (Å²) in [6.45, 7) is 1.80. The van der Waals surface area contributed by atoms with Gasteiger partial charge in [0.25, 0.3) is 5.71 Å². The van der Waals surface area contributed by atoms with E-state index in [0.29, 0.717) is 44.7 Å². The number of rotatable bonds is 3. The predicted molar refractivity (Wildman–Crippen MR) is 111 cm³/mol. The molecule has 146 valence electrons. The van der Waals surface area contributed by atoms with Crippen LogP contribution in [0.4, 0.5) is 8.78 Å². The minimum absolute atomic E-state index is 0.294. The van der Waals surface area contributed by atoms with Gasteiger partial charge in [-0.3, -0.25) is 4.98 Å². The number of halogens is 2. The molecule has 0 aliphatic carbocycles. The summed E-state index contributed by atoms with van der Waals surface area (Å²) in [4.78, 5) is 8.79. The van der Waals surface area contributed by atoms with Crippen molar-refractivity contribution in [3.63, 3.8) is 0 Å². The molecule has 0 saturated heterocycles. The number of aryl methyl sites for hydroxylation is 1. The van der Waals surface area contributed by atoms with Gasteiger partial charge in [-0.2, -0.15) is 0 Å². The van der Waals surface area contributed by atoms with E-state index in [-0.39, 0.29) is 11.6 Å². The second-order valence-electron chi connectivity index (χ2n) is 6.88. The molecule has 0 fully saturated rings. The molecule has 2 aromatic carbocycles. The Hall–Kier alpha value is -3.93. The first kappa shape index (κ1) is 18.1. The van der Waals surface area contributed by atoms with E-state index in [4.69, 9.17) is 9.51 Å². The Balaban J connectivity index is 1.98. The lowest BCUT2D eigenvalue weighted by Crippen LogP contribution is -1.97. The molecule has 30 heavy (non-hydrogen) atoms. The minimum atomic E-state index is -0.369. The van der Waals surface area contributed by atoms with Crippen molar-refractivity contribution < 1.29 is 13.3 Å². The SMILES string of the molecule is Cc1noc2nc(-c3ccc(F)cc3)c(-c3ccncc3)c(-c3ccccc3F)c12. The fourth-order valence-corrected chi connectivity index (χ4v) is 3.67. The van der Waals surface area contributed by atoms with Gasteiger partial charge in [0.05, 0.1) is 16.8 Å². The highest BCUT2D eigenvalue weighted by molar-refractivity contribution is 6.06. The summed E-state index contributed by atoms with van der Waals surface area (Å²) in [6.07, 6.45) is 3.33. The number of hydrogen-bond donors (Lipinski definition) is 0. The van der Waals surface area contributed by atoms with Crippen molar-refractivity contribution in [3.8, 4) is 33.5 Å². The number of pyridine rings is 2. The molecule has 0 aliphatic rings. The van der Waals surface area contributed by atoms with E-state index in [1.165, 1.54) is 18.2 Å². The van der Waals surface area contributed by atoms with Gasteiger partial charge in [0.2, 0.25) is 0 Å². The summed E-state index contributed by atoms with van der Waals surface area (Å²) in [5.41, 5.74) is 4.67. The second-order valence-corrected chi connectivity index (χ2v) is 6.88. The van der Waals surface area contributed by atoms with Gasteiger partial charge in [0.15, 0.2) is 0 Å². The Morgan fingerprint density at radius 1 is 0.800 bits per heavy atom. The number of fused-ring (bicyclic) bond motifs is 1. The summed E-state index contributed by atoms with van der Waals surface area (Å²) >= 11 is 0. The largest absolute Gasteiger partial charge is 0.336 e. The van der Waals surface area contributed by atoms with E-state index in [1.54, 1.807) is 49.6 Å². The van der Waals surface area contributed by atoms with Crippen LogP contribution in [-0.2, 0) is 0 Å². The third-order valence-corrected chi connectivity index (χ3v) is 5.02. The normalized spacial score (nSPS) is 11.2. The smallest absolute Gasteiger partial charge is 0.259 e. The zero-order valence-corrected chi connectivity index (χ0v) is 15.9. The van der Waals surface area contributed by atoms with Crippen LogP contribution in [0.5, 0.6) is 0 Å². The standard InChI is InChI=1S/C24H15F2N3O/c1-14-20-22(18-4-2-3-5-19(18)26)21(15-10-12-27-13-11-15)23(28-24(20)30-29-14)16-6-8-17(25)9-7-16/h2-13H,1H3. The van der Waals surface area contributed by atoms with Gasteiger partial charge < -0.3 is 4.52 Å². The first-order chi connectivity index (χ1) is 14.6. The molecule has 0 bridgehead atoms. The molecule has 0 spiro atoms. The quantitative estimate of drug-likeness (QED) is 0.362. The van der Waals surface area contributed by atoms with Crippen LogP contribution < -0.4 is 0 Å². The lowest BCUT2D eigenvalue weighted by Gasteiger charge is -2.16. The van der Waals surface area contributed by atoms with Gasteiger partial charge in [-0.15, -0.1) is 0 Å². The van der Waals surface area contributed by atoms with Gasteiger partial charge in [0.1, 0.15) is 11.6 Å². The third-order valence-electron chi connectivity index (χ3n) is 5.02. The van der Waals surface area contributed by atoms with Crippen molar-refractivity contribution in [3.05, 3.63) is 90.4 Å². The maximum absolute atomic E-state index is 15.0. The van der Waals surface area contributed by atoms with Gasteiger partial charge in [-0.05, 0) is 55.0 Å². The minimum Gasteiger partial charge on any atom is -0.336 e. The maximum Gasteiger partial charge on any atom is 0.259 e. The Labute approximate surface area is 170 Å². The van der Waals surface area contributed by atoms with Crippen LogP contribution in [0.15, 0.2) is 77.6 Å². The summed E-state index contributed by atoms with van der Waals surface area (Å²) < 4.78 is 34.0. The number of aromatic nitrogens is 3. The molecule has 0 atom stereocenters. The molecule has 6 heteroatoms. The van der Waals surface area contributed by atoms with Gasteiger partial charge in [0, 0.05) is 34.6 Å². The monoisotopic (exact) mass is 399 g/mol. The van der Waals surface area contributed by atoms with Crippen LogP contribution in [0.25, 0.3) is 44.6 Å². The van der Waals surface area contributed by atoms with E-state index < -0.39 is 0 Å². The van der Waals surface area contributed by atoms with Crippen molar-refractivity contribution in [2.75, 3.05) is 0 Å². The fourth-order valence-electron chi connectivity index (χ4n) is 3.67. The van der Waals surface area contributed by atoms with Crippen LogP contribution in [0.1, 0.15) is 5.69 Å². The lowest BCUT2D eigenvalue weighted by molar-refractivity contribution is 0.443. The topological polar surface area (TPSA) is 51.8 Å². The number of hydrogen-bond acceptors (Lipinski definition) is 4. The number of nitrogens with zero attached hydrogens (tertiary/aromatic N) is 3. The molecule has 0 saturated carbocycles. The van der Waals surface area contributed by atoms with E-state index in [2.05, 4.69) is 10.1 Å². The maximum atomic E-state index is 15.0. The zero-order chi connectivity index (χ0) is 20.7. The molecule has 0 aliphatic heterocycles. The zero-order valence-electron chi connectivity index (χ0n) is 15.9. The first-order valence-electron chi connectivity index (χ1n) is 9.34. The van der Waals surface area contributed by atoms with Gasteiger partial charge in [-0.1, -0.05) is 23.4 Å². The molecular weight excluding hydrogens is 384 g/mol. The van der Waals surface area contributed by atoms with Crippen molar-refractivity contribution in [2.24, 2.45) is 0 Å². The van der Waals surface area contributed by atoms with E-state index >= 15 is 0 Å². The Kier molecular flexibility index (Phi) is 4.32. The van der Waals surface area contributed by atoms with Crippen LogP contribution in [0.2, 0.25) is 0 Å².